The number of nitrogens with zero attached hydrogens (tertiary/aromatic N) is 2. The van der Waals surface area contributed by atoms with E-state index in [4.69, 9.17) is 16.3 Å². The van der Waals surface area contributed by atoms with Gasteiger partial charge in [0, 0.05) is 29.4 Å². The fraction of sp³-hybridized carbons (Fsp3) is 0.300. The standard InChI is InChI=1S/C20H21ClN2O3/c1-13-17(21)5-4-6-18(13)23-12-11-22(14(2)19(23)24)20(25)15-7-9-16(26-3)10-8-15/h4-10,14H,11-12H2,1-3H3/t14-/m0/s1. The predicted octanol–water partition coefficient (Wildman–Crippen LogP) is 3.53. The molecule has 1 saturated heterocycles. The van der Waals surface area contributed by atoms with E-state index in [1.165, 1.54) is 0 Å². The third-order valence-electron chi connectivity index (χ3n) is 4.78. The van der Waals surface area contributed by atoms with Crippen molar-refractivity contribution in [1.29, 1.82) is 0 Å². The van der Waals surface area contributed by atoms with Gasteiger partial charge in [0.1, 0.15) is 11.8 Å². The van der Waals surface area contributed by atoms with Gasteiger partial charge in [-0.15, -0.1) is 0 Å². The Hall–Kier alpha value is -2.53. The van der Waals surface area contributed by atoms with Crippen LogP contribution in [0.3, 0.4) is 0 Å². The van der Waals surface area contributed by atoms with Crippen molar-refractivity contribution in [2.24, 2.45) is 0 Å². The molecule has 6 heteroatoms. The number of amides is 2. The maximum atomic E-state index is 12.9. The monoisotopic (exact) mass is 372 g/mol. The number of halogens is 1. The van der Waals surface area contributed by atoms with Gasteiger partial charge in [-0.25, -0.2) is 0 Å². The lowest BCUT2D eigenvalue weighted by atomic mass is 10.1. The molecule has 0 unspecified atom stereocenters. The van der Waals surface area contributed by atoms with Crippen LogP contribution in [0.5, 0.6) is 5.75 Å². The van der Waals surface area contributed by atoms with Crippen molar-refractivity contribution >= 4 is 29.1 Å². The van der Waals surface area contributed by atoms with Gasteiger partial charge in [0.25, 0.3) is 5.91 Å². The van der Waals surface area contributed by atoms with Crippen LogP contribution in [0.15, 0.2) is 42.5 Å². The molecular formula is C20H21ClN2O3. The van der Waals surface area contributed by atoms with Crippen LogP contribution in [-0.4, -0.2) is 43.0 Å². The molecule has 0 spiro atoms. The Balaban J connectivity index is 1.81. The average molecular weight is 373 g/mol. The maximum absolute atomic E-state index is 12.9. The van der Waals surface area contributed by atoms with Gasteiger partial charge in [-0.1, -0.05) is 17.7 Å². The highest BCUT2D eigenvalue weighted by Gasteiger charge is 2.35. The van der Waals surface area contributed by atoms with E-state index >= 15 is 0 Å². The van der Waals surface area contributed by atoms with Crippen molar-refractivity contribution in [3.63, 3.8) is 0 Å². The molecule has 2 amide bonds. The van der Waals surface area contributed by atoms with Gasteiger partial charge < -0.3 is 14.5 Å². The van der Waals surface area contributed by atoms with E-state index < -0.39 is 6.04 Å². The number of ether oxygens (including phenoxy) is 1. The van der Waals surface area contributed by atoms with Gasteiger partial charge in [0.2, 0.25) is 5.91 Å². The number of carbonyl (C=O) groups excluding carboxylic acids is 2. The summed E-state index contributed by atoms with van der Waals surface area (Å²) in [6.07, 6.45) is 0. The summed E-state index contributed by atoms with van der Waals surface area (Å²) in [5.74, 6) is 0.423. The van der Waals surface area contributed by atoms with Gasteiger partial charge >= 0.3 is 0 Å². The Morgan fingerprint density at radius 3 is 2.50 bits per heavy atom. The van der Waals surface area contributed by atoms with Gasteiger partial charge in [-0.2, -0.15) is 0 Å². The third-order valence-corrected chi connectivity index (χ3v) is 5.19. The lowest BCUT2D eigenvalue weighted by Crippen LogP contribution is -2.57. The SMILES string of the molecule is COc1ccc(C(=O)N2CCN(c3cccc(Cl)c3C)C(=O)[C@@H]2C)cc1. The molecule has 2 aromatic rings. The number of benzene rings is 2. The summed E-state index contributed by atoms with van der Waals surface area (Å²) in [4.78, 5) is 29.0. The summed E-state index contributed by atoms with van der Waals surface area (Å²) in [6, 6.07) is 11.9. The highest BCUT2D eigenvalue weighted by molar-refractivity contribution is 6.31. The zero-order valence-corrected chi connectivity index (χ0v) is 15.8. The molecule has 1 aliphatic heterocycles. The highest BCUT2D eigenvalue weighted by atomic mass is 35.5. The van der Waals surface area contributed by atoms with Crippen molar-refractivity contribution in [1.82, 2.24) is 4.90 Å². The second-order valence-electron chi connectivity index (χ2n) is 6.28. The smallest absolute Gasteiger partial charge is 0.254 e. The summed E-state index contributed by atoms with van der Waals surface area (Å²) in [5.41, 5.74) is 2.20. The normalized spacial score (nSPS) is 17.4. The van der Waals surface area contributed by atoms with E-state index in [2.05, 4.69) is 0 Å². The van der Waals surface area contributed by atoms with E-state index in [-0.39, 0.29) is 11.8 Å². The molecular weight excluding hydrogens is 352 g/mol. The lowest BCUT2D eigenvalue weighted by molar-refractivity contribution is -0.124. The molecule has 1 aliphatic rings. The number of piperazine rings is 1. The Morgan fingerprint density at radius 2 is 1.85 bits per heavy atom. The van der Waals surface area contributed by atoms with E-state index in [1.54, 1.807) is 54.2 Å². The first-order chi connectivity index (χ1) is 12.4. The van der Waals surface area contributed by atoms with Gasteiger partial charge in [0.15, 0.2) is 0 Å². The van der Waals surface area contributed by atoms with E-state index in [0.29, 0.717) is 29.4 Å². The minimum Gasteiger partial charge on any atom is -0.497 e. The average Bonchev–Trinajstić information content (AvgIpc) is 2.66. The second-order valence-corrected chi connectivity index (χ2v) is 6.68. The molecule has 0 bridgehead atoms. The van der Waals surface area contributed by atoms with Crippen LogP contribution in [0.1, 0.15) is 22.8 Å². The number of carbonyl (C=O) groups is 2. The summed E-state index contributed by atoms with van der Waals surface area (Å²) in [5, 5.41) is 0.625. The number of hydrogen-bond donors (Lipinski definition) is 0. The third kappa shape index (κ3) is 3.27. The minimum absolute atomic E-state index is 0.108. The summed E-state index contributed by atoms with van der Waals surface area (Å²) >= 11 is 6.19. The van der Waals surface area contributed by atoms with Crippen LogP contribution >= 0.6 is 11.6 Å². The van der Waals surface area contributed by atoms with Crippen molar-refractivity contribution in [3.8, 4) is 5.75 Å². The van der Waals surface area contributed by atoms with Gasteiger partial charge in [-0.05, 0) is 55.8 Å². The van der Waals surface area contributed by atoms with Crippen LogP contribution < -0.4 is 9.64 Å². The summed E-state index contributed by atoms with van der Waals surface area (Å²) in [6.45, 7) is 4.55. The zero-order valence-electron chi connectivity index (χ0n) is 15.0. The second kappa shape index (κ2) is 7.38. The first kappa shape index (κ1) is 18.3. The van der Waals surface area contributed by atoms with Crippen LogP contribution in [0.4, 0.5) is 5.69 Å². The summed E-state index contributed by atoms with van der Waals surface area (Å²) in [7, 11) is 1.58. The number of hydrogen-bond acceptors (Lipinski definition) is 3. The Labute approximate surface area is 158 Å². The number of methoxy groups -OCH3 is 1. The van der Waals surface area contributed by atoms with E-state index in [0.717, 1.165) is 11.3 Å². The number of anilines is 1. The van der Waals surface area contributed by atoms with Crippen molar-refractivity contribution < 1.29 is 14.3 Å². The lowest BCUT2D eigenvalue weighted by Gasteiger charge is -2.39. The Morgan fingerprint density at radius 1 is 1.15 bits per heavy atom. The van der Waals surface area contributed by atoms with Gasteiger partial charge in [-0.3, -0.25) is 9.59 Å². The predicted molar refractivity (Wildman–Crippen MR) is 102 cm³/mol. The highest BCUT2D eigenvalue weighted by Crippen LogP contribution is 2.29. The minimum atomic E-state index is -0.545. The molecule has 3 rings (SSSR count). The van der Waals surface area contributed by atoms with Crippen LogP contribution in [0.25, 0.3) is 0 Å². The molecule has 1 atom stereocenters. The molecule has 5 nitrogen and oxygen atoms in total. The zero-order chi connectivity index (χ0) is 18.8. The molecule has 26 heavy (non-hydrogen) atoms. The Kier molecular flexibility index (Phi) is 5.18. The molecule has 0 saturated carbocycles. The van der Waals surface area contributed by atoms with Crippen LogP contribution in [-0.2, 0) is 4.79 Å². The fourth-order valence-corrected chi connectivity index (χ4v) is 3.34. The first-order valence-corrected chi connectivity index (χ1v) is 8.83. The van der Waals surface area contributed by atoms with E-state index in [1.807, 2.05) is 19.1 Å². The topological polar surface area (TPSA) is 49.9 Å². The van der Waals surface area contributed by atoms with Crippen molar-refractivity contribution in [2.75, 3.05) is 25.1 Å². The van der Waals surface area contributed by atoms with Gasteiger partial charge in [0.05, 0.1) is 7.11 Å². The molecule has 1 fully saturated rings. The molecule has 0 N–H and O–H groups in total. The molecule has 1 heterocycles. The maximum Gasteiger partial charge on any atom is 0.254 e. The Bertz CT molecular complexity index is 835. The van der Waals surface area contributed by atoms with Crippen molar-refractivity contribution in [2.45, 2.75) is 19.9 Å². The van der Waals surface area contributed by atoms with Crippen molar-refractivity contribution in [3.05, 3.63) is 58.6 Å². The number of rotatable bonds is 3. The fourth-order valence-electron chi connectivity index (χ4n) is 3.17. The molecule has 0 radical (unpaired) electrons. The molecule has 0 aliphatic carbocycles. The largest absolute Gasteiger partial charge is 0.497 e. The summed E-state index contributed by atoms with van der Waals surface area (Å²) < 4.78 is 5.12. The quantitative estimate of drug-likeness (QED) is 0.828. The molecule has 2 aromatic carbocycles. The first-order valence-electron chi connectivity index (χ1n) is 8.45. The molecule has 136 valence electrons. The molecule has 0 aromatic heterocycles. The van der Waals surface area contributed by atoms with E-state index in [9.17, 15) is 9.59 Å². The van der Waals surface area contributed by atoms with Crippen LogP contribution in [0, 0.1) is 6.92 Å². The van der Waals surface area contributed by atoms with Crippen LogP contribution in [0.2, 0.25) is 5.02 Å².